The Bertz CT molecular complexity index is 2010. The third kappa shape index (κ3) is 4.78. The van der Waals surface area contributed by atoms with E-state index in [-0.39, 0.29) is 21.5 Å². The highest BCUT2D eigenvalue weighted by Gasteiger charge is 2.21. The first-order valence-corrected chi connectivity index (χ1v) is 15.2. The van der Waals surface area contributed by atoms with Gasteiger partial charge >= 0.3 is 0 Å². The maximum atomic E-state index is 13.1. The molecular weight excluding hydrogens is 534 g/mol. The van der Waals surface area contributed by atoms with Crippen molar-refractivity contribution in [3.05, 3.63) is 76.5 Å². The number of aryl methyl sites for hydroxylation is 1. The molecule has 0 N–H and O–H groups in total. The minimum absolute atomic E-state index is 0.0173. The molecule has 4 aromatic heterocycles. The fourth-order valence-electron chi connectivity index (χ4n) is 3.78. The Balaban J connectivity index is 1.40. The molecule has 0 atom stereocenters. The standard InChI is InChI=1S/C24H19N5O5S3/c1-28-20-19(21-22(28)27-24(35-21)36(2,31)32)14-25-29(23(20)30)13-7-10-16-8-6-9-17(26-16)15-37(33,34)18-11-4-3-5-12-18/h3-6,8-9,11-12,14H,13,15H2,1-2H3. The SMILES string of the molecule is Cn1c2nc(S(C)(=O)=O)sc2c2cnn(CC#Cc3cccc(CS(=O)(=O)c4ccccc4)n3)c(=O)c21. The van der Waals surface area contributed by atoms with Crippen LogP contribution in [0.1, 0.15) is 11.4 Å². The van der Waals surface area contributed by atoms with Crippen molar-refractivity contribution in [3.8, 4) is 11.8 Å². The molecule has 0 aliphatic heterocycles. The monoisotopic (exact) mass is 553 g/mol. The van der Waals surface area contributed by atoms with Gasteiger partial charge in [0.15, 0.2) is 15.5 Å². The first-order valence-electron chi connectivity index (χ1n) is 10.8. The number of rotatable bonds is 5. The summed E-state index contributed by atoms with van der Waals surface area (Å²) < 4.78 is 52.3. The van der Waals surface area contributed by atoms with E-state index in [9.17, 15) is 21.6 Å². The molecule has 0 aliphatic carbocycles. The van der Waals surface area contributed by atoms with Crippen molar-refractivity contribution in [2.45, 2.75) is 21.5 Å². The zero-order valence-electron chi connectivity index (χ0n) is 19.6. The van der Waals surface area contributed by atoms with Crippen molar-refractivity contribution >= 4 is 52.3 Å². The lowest BCUT2D eigenvalue weighted by Gasteiger charge is -2.04. The molecule has 0 bridgehead atoms. The number of aromatic nitrogens is 5. The molecule has 0 saturated carbocycles. The van der Waals surface area contributed by atoms with Crippen LogP contribution in [0.3, 0.4) is 0 Å². The Kier molecular flexibility index (Phi) is 6.18. The summed E-state index contributed by atoms with van der Waals surface area (Å²) in [5.41, 5.74) is 1.08. The predicted octanol–water partition coefficient (Wildman–Crippen LogP) is 2.17. The van der Waals surface area contributed by atoms with Crippen molar-refractivity contribution < 1.29 is 16.8 Å². The molecule has 0 radical (unpaired) electrons. The predicted molar refractivity (Wildman–Crippen MR) is 140 cm³/mol. The Morgan fingerprint density at radius 1 is 1.00 bits per heavy atom. The maximum absolute atomic E-state index is 13.1. The van der Waals surface area contributed by atoms with Gasteiger partial charge < -0.3 is 4.57 Å². The Hall–Kier alpha value is -3.86. The minimum Gasteiger partial charge on any atom is -0.323 e. The van der Waals surface area contributed by atoms with E-state index in [1.165, 1.54) is 23.0 Å². The van der Waals surface area contributed by atoms with Crippen LogP contribution < -0.4 is 5.56 Å². The molecule has 1 aromatic carbocycles. The van der Waals surface area contributed by atoms with Crippen LogP contribution in [-0.2, 0) is 39.0 Å². The van der Waals surface area contributed by atoms with Gasteiger partial charge in [0.2, 0.25) is 14.2 Å². The lowest BCUT2D eigenvalue weighted by molar-refractivity contribution is 0.594. The molecule has 0 unspecified atom stereocenters. The Labute approximate surface area is 216 Å². The molecule has 13 heteroatoms. The average Bonchev–Trinajstić information content (AvgIpc) is 3.41. The zero-order valence-corrected chi connectivity index (χ0v) is 22.1. The summed E-state index contributed by atoms with van der Waals surface area (Å²) in [4.78, 5) is 21.8. The maximum Gasteiger partial charge on any atom is 0.292 e. The summed E-state index contributed by atoms with van der Waals surface area (Å²) in [6, 6.07) is 13.1. The van der Waals surface area contributed by atoms with Crippen molar-refractivity contribution in [3.63, 3.8) is 0 Å². The van der Waals surface area contributed by atoms with E-state index in [1.54, 1.807) is 48.0 Å². The fourth-order valence-corrected chi connectivity index (χ4v) is 7.02. The van der Waals surface area contributed by atoms with Crippen LogP contribution in [0, 0.1) is 11.8 Å². The molecule has 0 saturated heterocycles. The highest BCUT2D eigenvalue weighted by molar-refractivity contribution is 7.92. The number of sulfone groups is 2. The van der Waals surface area contributed by atoms with Crippen LogP contribution in [0.5, 0.6) is 0 Å². The van der Waals surface area contributed by atoms with E-state index < -0.39 is 25.2 Å². The van der Waals surface area contributed by atoms with Crippen molar-refractivity contribution in [2.24, 2.45) is 7.05 Å². The van der Waals surface area contributed by atoms with Crippen LogP contribution in [0.2, 0.25) is 0 Å². The summed E-state index contributed by atoms with van der Waals surface area (Å²) in [5, 5.41) is 4.71. The first-order chi connectivity index (χ1) is 17.5. The molecule has 10 nitrogen and oxygen atoms in total. The number of benzene rings is 1. The van der Waals surface area contributed by atoms with Crippen molar-refractivity contribution in [1.29, 1.82) is 0 Å². The van der Waals surface area contributed by atoms with E-state index in [0.717, 1.165) is 17.6 Å². The molecule has 0 aliphatic rings. The van der Waals surface area contributed by atoms with E-state index in [0.29, 0.717) is 32.6 Å². The van der Waals surface area contributed by atoms with Gasteiger partial charge in [0.25, 0.3) is 5.56 Å². The smallest absolute Gasteiger partial charge is 0.292 e. The normalized spacial score (nSPS) is 12.1. The number of hydrogen-bond donors (Lipinski definition) is 0. The zero-order chi connectivity index (χ0) is 26.4. The second kappa shape index (κ2) is 9.22. The molecule has 0 spiro atoms. The van der Waals surface area contributed by atoms with Crippen molar-refractivity contribution in [2.75, 3.05) is 6.26 Å². The van der Waals surface area contributed by atoms with Gasteiger partial charge in [-0.2, -0.15) is 5.10 Å². The van der Waals surface area contributed by atoms with Gasteiger partial charge in [-0.15, -0.1) is 11.3 Å². The summed E-state index contributed by atoms with van der Waals surface area (Å²) in [6.07, 6.45) is 2.59. The second-order valence-corrected chi connectivity index (χ2v) is 13.4. The van der Waals surface area contributed by atoms with E-state index >= 15 is 0 Å². The van der Waals surface area contributed by atoms with Gasteiger partial charge in [-0.1, -0.05) is 30.2 Å². The summed E-state index contributed by atoms with van der Waals surface area (Å²) in [6.45, 7) is -0.0240. The molecule has 4 heterocycles. The average molecular weight is 554 g/mol. The van der Waals surface area contributed by atoms with Gasteiger partial charge in [0.1, 0.15) is 17.8 Å². The minimum atomic E-state index is -3.55. The number of thiazole rings is 1. The van der Waals surface area contributed by atoms with Gasteiger partial charge in [-0.25, -0.2) is 31.5 Å². The molecule has 0 fully saturated rings. The van der Waals surface area contributed by atoms with E-state index in [2.05, 4.69) is 26.9 Å². The second-order valence-electron chi connectivity index (χ2n) is 8.22. The lowest BCUT2D eigenvalue weighted by atomic mass is 10.3. The highest BCUT2D eigenvalue weighted by atomic mass is 32.2. The largest absolute Gasteiger partial charge is 0.323 e. The molecule has 0 amide bonds. The molecule has 188 valence electrons. The summed E-state index contributed by atoms with van der Waals surface area (Å²) in [7, 11) is -5.37. The Morgan fingerprint density at radius 2 is 1.76 bits per heavy atom. The fraction of sp³-hybridized carbons (Fsp3) is 0.167. The van der Waals surface area contributed by atoms with Crippen LogP contribution >= 0.6 is 11.3 Å². The van der Waals surface area contributed by atoms with Gasteiger partial charge in [-0.3, -0.25) is 4.79 Å². The van der Waals surface area contributed by atoms with Crippen molar-refractivity contribution in [1.82, 2.24) is 24.3 Å². The van der Waals surface area contributed by atoms with Gasteiger partial charge in [0, 0.05) is 18.7 Å². The molecule has 5 rings (SSSR count). The Morgan fingerprint density at radius 3 is 2.49 bits per heavy atom. The third-order valence-corrected chi connectivity index (χ3v) is 9.94. The number of pyridine rings is 1. The van der Waals surface area contributed by atoms with Crippen LogP contribution in [-0.4, -0.2) is 47.4 Å². The quantitative estimate of drug-likeness (QED) is 0.302. The number of hydrogen-bond acceptors (Lipinski definition) is 9. The third-order valence-electron chi connectivity index (χ3n) is 5.52. The number of fused-ring (bicyclic) bond motifs is 3. The summed E-state index contributed by atoms with van der Waals surface area (Å²) >= 11 is 1.00. The highest BCUT2D eigenvalue weighted by Crippen LogP contribution is 2.32. The van der Waals surface area contributed by atoms with Crippen LogP contribution in [0.25, 0.3) is 21.3 Å². The molecule has 5 aromatic rings. The molecule has 37 heavy (non-hydrogen) atoms. The van der Waals surface area contributed by atoms with Crippen LogP contribution in [0.4, 0.5) is 0 Å². The van der Waals surface area contributed by atoms with Crippen LogP contribution in [0.15, 0.2) is 68.8 Å². The van der Waals surface area contributed by atoms with Gasteiger partial charge in [-0.05, 0) is 30.2 Å². The molecular formula is C24H19N5O5S3. The topological polar surface area (TPSA) is 134 Å². The van der Waals surface area contributed by atoms with Gasteiger partial charge in [0.05, 0.1) is 27.2 Å². The number of nitrogens with zero attached hydrogens (tertiary/aromatic N) is 5. The van der Waals surface area contributed by atoms with E-state index in [1.807, 2.05) is 0 Å². The van der Waals surface area contributed by atoms with E-state index in [4.69, 9.17) is 0 Å². The summed E-state index contributed by atoms with van der Waals surface area (Å²) in [5.74, 6) is 5.45. The first kappa shape index (κ1) is 24.8. The lowest BCUT2D eigenvalue weighted by Crippen LogP contribution is -2.23.